The Morgan fingerprint density at radius 1 is 1.24 bits per heavy atom. The summed E-state index contributed by atoms with van der Waals surface area (Å²) in [7, 11) is 0. The van der Waals surface area contributed by atoms with Gasteiger partial charge in [0.05, 0.1) is 4.92 Å². The van der Waals surface area contributed by atoms with Crippen LogP contribution in [0.25, 0.3) is 0 Å². The van der Waals surface area contributed by atoms with Crippen molar-refractivity contribution in [3.05, 3.63) is 62.9 Å². The first-order valence-electron chi connectivity index (χ1n) is 5.53. The molecule has 0 saturated heterocycles. The van der Waals surface area contributed by atoms with Crippen molar-refractivity contribution in [2.45, 2.75) is 0 Å². The normalized spacial score (nSPS) is 10.2. The number of aromatic carboxylic acids is 1. The van der Waals surface area contributed by atoms with Gasteiger partial charge in [-0.1, -0.05) is 11.6 Å². The lowest BCUT2D eigenvalue weighted by molar-refractivity contribution is -0.385. The van der Waals surface area contributed by atoms with Crippen LogP contribution in [0, 0.1) is 15.9 Å². The van der Waals surface area contributed by atoms with Gasteiger partial charge in [-0.3, -0.25) is 10.1 Å². The van der Waals surface area contributed by atoms with Crippen LogP contribution in [0.5, 0.6) is 11.5 Å². The molecule has 0 unspecified atom stereocenters. The third-order valence-electron chi connectivity index (χ3n) is 2.51. The summed E-state index contributed by atoms with van der Waals surface area (Å²) in [4.78, 5) is 21.2. The first-order chi connectivity index (χ1) is 9.88. The molecule has 6 nitrogen and oxygen atoms in total. The maximum absolute atomic E-state index is 13.2. The minimum Gasteiger partial charge on any atom is -0.478 e. The number of nitro benzene ring substituents is 1. The van der Waals surface area contributed by atoms with Crippen molar-refractivity contribution in [3.63, 3.8) is 0 Å². The van der Waals surface area contributed by atoms with Gasteiger partial charge in [0.1, 0.15) is 17.1 Å². The minimum atomic E-state index is -1.35. The molecule has 0 spiro atoms. The van der Waals surface area contributed by atoms with Crippen LogP contribution in [-0.4, -0.2) is 16.0 Å². The number of carboxylic acid groups (broad SMARTS) is 1. The second-order valence-electron chi connectivity index (χ2n) is 3.92. The highest BCUT2D eigenvalue weighted by molar-refractivity contribution is 6.30. The van der Waals surface area contributed by atoms with Gasteiger partial charge < -0.3 is 9.84 Å². The van der Waals surface area contributed by atoms with E-state index in [0.29, 0.717) is 0 Å². The lowest BCUT2D eigenvalue weighted by Gasteiger charge is -2.09. The summed E-state index contributed by atoms with van der Waals surface area (Å²) >= 11 is 5.66. The lowest BCUT2D eigenvalue weighted by Crippen LogP contribution is -2.01. The zero-order chi connectivity index (χ0) is 15.6. The van der Waals surface area contributed by atoms with Crippen molar-refractivity contribution >= 4 is 23.3 Å². The van der Waals surface area contributed by atoms with Gasteiger partial charge in [0.2, 0.25) is 5.75 Å². The molecule has 0 radical (unpaired) electrons. The lowest BCUT2D eigenvalue weighted by atomic mass is 10.2. The largest absolute Gasteiger partial charge is 0.478 e. The average molecular weight is 312 g/mol. The van der Waals surface area contributed by atoms with E-state index in [1.54, 1.807) is 0 Å². The zero-order valence-corrected chi connectivity index (χ0v) is 11.0. The number of carbonyl (C=O) groups is 1. The van der Waals surface area contributed by atoms with Crippen molar-refractivity contribution in [3.8, 4) is 11.5 Å². The first-order valence-corrected chi connectivity index (χ1v) is 5.91. The van der Waals surface area contributed by atoms with Crippen LogP contribution in [-0.2, 0) is 0 Å². The van der Waals surface area contributed by atoms with Crippen LogP contribution in [0.2, 0.25) is 5.02 Å². The Bertz CT molecular complexity index is 734. The van der Waals surface area contributed by atoms with Crippen molar-refractivity contribution in [2.24, 2.45) is 0 Å². The van der Waals surface area contributed by atoms with Gasteiger partial charge >= 0.3 is 11.7 Å². The Morgan fingerprint density at radius 2 is 1.95 bits per heavy atom. The minimum absolute atomic E-state index is 0.117. The number of carboxylic acids is 1. The van der Waals surface area contributed by atoms with E-state index in [0.717, 1.165) is 24.3 Å². The molecule has 0 aliphatic rings. The number of nitro groups is 1. The van der Waals surface area contributed by atoms with E-state index in [1.807, 2.05) is 0 Å². The summed E-state index contributed by atoms with van der Waals surface area (Å²) in [5.41, 5.74) is -0.774. The van der Waals surface area contributed by atoms with Crippen molar-refractivity contribution in [1.29, 1.82) is 0 Å². The zero-order valence-electron chi connectivity index (χ0n) is 10.2. The maximum Gasteiger partial charge on any atom is 0.339 e. The van der Waals surface area contributed by atoms with Crippen molar-refractivity contribution in [2.75, 3.05) is 0 Å². The quantitative estimate of drug-likeness (QED) is 0.683. The average Bonchev–Trinajstić information content (AvgIpc) is 2.40. The Balaban J connectivity index is 2.50. The second-order valence-corrected chi connectivity index (χ2v) is 4.35. The van der Waals surface area contributed by atoms with Crippen molar-refractivity contribution < 1.29 is 24.0 Å². The number of rotatable bonds is 4. The van der Waals surface area contributed by atoms with Gasteiger partial charge in [-0.15, -0.1) is 0 Å². The molecule has 108 valence electrons. The number of hydrogen-bond donors (Lipinski definition) is 1. The molecule has 8 heteroatoms. The predicted octanol–water partition coefficient (Wildman–Crippen LogP) is 3.88. The number of ether oxygens (including phenoxy) is 1. The summed E-state index contributed by atoms with van der Waals surface area (Å²) in [5.74, 6) is -2.65. The SMILES string of the molecule is O=C(O)c1ccc(F)cc1Oc1ccc(Cl)cc1[N+](=O)[O-]. The Morgan fingerprint density at radius 3 is 2.57 bits per heavy atom. The summed E-state index contributed by atoms with van der Waals surface area (Å²) in [6, 6.07) is 6.39. The fourth-order valence-corrected chi connectivity index (χ4v) is 1.76. The van der Waals surface area contributed by atoms with Crippen LogP contribution < -0.4 is 4.74 Å². The molecule has 21 heavy (non-hydrogen) atoms. The molecular weight excluding hydrogens is 305 g/mol. The highest BCUT2D eigenvalue weighted by Crippen LogP contribution is 2.35. The third-order valence-corrected chi connectivity index (χ3v) is 2.75. The summed E-state index contributed by atoms with van der Waals surface area (Å²) in [6.45, 7) is 0. The summed E-state index contributed by atoms with van der Waals surface area (Å²) < 4.78 is 18.4. The molecule has 0 aromatic heterocycles. The van der Waals surface area contributed by atoms with Gasteiger partial charge in [-0.05, 0) is 24.3 Å². The number of benzene rings is 2. The topological polar surface area (TPSA) is 89.7 Å². The molecule has 2 aromatic carbocycles. The monoisotopic (exact) mass is 311 g/mol. The number of hydrogen-bond acceptors (Lipinski definition) is 4. The van der Waals surface area contributed by atoms with Gasteiger partial charge in [0.25, 0.3) is 0 Å². The van der Waals surface area contributed by atoms with Crippen molar-refractivity contribution in [1.82, 2.24) is 0 Å². The summed E-state index contributed by atoms with van der Waals surface area (Å²) in [6.07, 6.45) is 0. The van der Waals surface area contributed by atoms with Gasteiger partial charge in [0.15, 0.2) is 0 Å². The fraction of sp³-hybridized carbons (Fsp3) is 0. The van der Waals surface area contributed by atoms with Gasteiger partial charge in [-0.25, -0.2) is 9.18 Å². The highest BCUT2D eigenvalue weighted by Gasteiger charge is 2.20. The Kier molecular flexibility index (Phi) is 4.04. The smallest absolute Gasteiger partial charge is 0.339 e. The van der Waals surface area contributed by atoms with E-state index in [2.05, 4.69) is 0 Å². The molecular formula is C13H7ClFNO5. The molecule has 2 aromatic rings. The molecule has 0 amide bonds. The molecule has 0 fully saturated rings. The van der Waals surface area contributed by atoms with Crippen LogP contribution in [0.4, 0.5) is 10.1 Å². The fourth-order valence-electron chi connectivity index (χ4n) is 1.60. The highest BCUT2D eigenvalue weighted by atomic mass is 35.5. The van der Waals surface area contributed by atoms with E-state index in [-0.39, 0.29) is 22.1 Å². The molecule has 0 heterocycles. The van der Waals surface area contributed by atoms with Gasteiger partial charge in [-0.2, -0.15) is 0 Å². The Labute approximate surface area is 122 Å². The van der Waals surface area contributed by atoms with E-state index in [1.165, 1.54) is 12.1 Å². The van der Waals surface area contributed by atoms with Gasteiger partial charge in [0, 0.05) is 17.2 Å². The molecule has 2 rings (SSSR count). The molecule has 0 saturated carbocycles. The van der Waals surface area contributed by atoms with E-state index < -0.39 is 22.4 Å². The summed E-state index contributed by atoms with van der Waals surface area (Å²) in [5, 5.41) is 20.0. The molecule has 0 bridgehead atoms. The van der Waals surface area contributed by atoms with Crippen LogP contribution in [0.1, 0.15) is 10.4 Å². The number of nitrogens with zero attached hydrogens (tertiary/aromatic N) is 1. The van der Waals surface area contributed by atoms with Crippen LogP contribution in [0.15, 0.2) is 36.4 Å². The van der Waals surface area contributed by atoms with E-state index in [9.17, 15) is 19.3 Å². The standard InChI is InChI=1S/C13H7ClFNO5/c14-7-1-4-11(10(5-7)16(19)20)21-12-6-8(15)2-3-9(12)13(17)18/h1-6H,(H,17,18). The second kappa shape index (κ2) is 5.76. The molecule has 0 aliphatic carbocycles. The first kappa shape index (κ1) is 14.7. The van der Waals surface area contributed by atoms with E-state index in [4.69, 9.17) is 21.4 Å². The number of halogens is 2. The Hall–Kier alpha value is -2.67. The van der Waals surface area contributed by atoms with E-state index >= 15 is 0 Å². The predicted molar refractivity (Wildman–Crippen MR) is 71.5 cm³/mol. The van der Waals surface area contributed by atoms with Crippen LogP contribution >= 0.6 is 11.6 Å². The molecule has 0 atom stereocenters. The third kappa shape index (κ3) is 3.26. The van der Waals surface area contributed by atoms with Crippen LogP contribution in [0.3, 0.4) is 0 Å². The molecule has 1 N–H and O–H groups in total. The molecule has 0 aliphatic heterocycles. The maximum atomic E-state index is 13.2.